The summed E-state index contributed by atoms with van der Waals surface area (Å²) < 4.78 is 18.2. The van der Waals surface area contributed by atoms with Gasteiger partial charge in [0.1, 0.15) is 10.7 Å². The summed E-state index contributed by atoms with van der Waals surface area (Å²) in [5, 5.41) is 12.5. The fraction of sp³-hybridized carbons (Fsp3) is 0.222. The summed E-state index contributed by atoms with van der Waals surface area (Å²) in [6.07, 6.45) is 0. The smallest absolute Gasteiger partial charge is 0.331 e. The number of nitrogens with one attached hydrogen (secondary N) is 1. The molecule has 0 saturated carbocycles. The van der Waals surface area contributed by atoms with Crippen molar-refractivity contribution in [2.45, 2.75) is 6.92 Å². The molecule has 0 fully saturated rings. The topological polar surface area (TPSA) is 81.5 Å². The molecule has 0 aromatic heterocycles. The predicted octanol–water partition coefficient (Wildman–Crippen LogP) is 2.35. The van der Waals surface area contributed by atoms with Crippen molar-refractivity contribution < 1.29 is 18.8 Å². The molecule has 6 nitrogen and oxygen atoms in total. The van der Waals surface area contributed by atoms with Crippen molar-refractivity contribution in [2.24, 2.45) is 0 Å². The third kappa shape index (κ3) is 2.62. The van der Waals surface area contributed by atoms with Crippen LogP contribution in [0.15, 0.2) is 6.07 Å². The minimum atomic E-state index is -0.910. The molecule has 0 saturated heterocycles. The van der Waals surface area contributed by atoms with E-state index in [1.54, 1.807) is 0 Å². The molecule has 1 aromatic rings. The zero-order valence-corrected chi connectivity index (χ0v) is 9.67. The first kappa shape index (κ1) is 13.2. The van der Waals surface area contributed by atoms with Gasteiger partial charge in [-0.2, -0.15) is 0 Å². The Kier molecular flexibility index (Phi) is 3.84. The third-order valence-electron chi connectivity index (χ3n) is 1.85. The van der Waals surface area contributed by atoms with Gasteiger partial charge in [0.15, 0.2) is 5.82 Å². The fourth-order valence-corrected chi connectivity index (χ4v) is 1.50. The quantitative estimate of drug-likeness (QED) is 0.670. The maximum Gasteiger partial charge on any atom is 0.331 e. The van der Waals surface area contributed by atoms with Crippen molar-refractivity contribution in [3.8, 4) is 5.75 Å². The highest BCUT2D eigenvalue weighted by Crippen LogP contribution is 2.42. The minimum Gasteiger partial charge on any atom is -0.489 e. The number of nitro benzene ring substituents is 1. The number of hydrogen-bond acceptors (Lipinski definition) is 4. The first-order valence-electron chi connectivity index (χ1n) is 4.36. The van der Waals surface area contributed by atoms with Crippen LogP contribution in [0, 0.1) is 15.9 Å². The standard InChI is InChI=1S/C9H8ClFN2O4/c1-4(14)12-7-6(11)3-5(10)8(13(15)16)9(7)17-2/h3H,1-2H3,(H,12,14). The first-order chi connectivity index (χ1) is 7.88. The highest BCUT2D eigenvalue weighted by molar-refractivity contribution is 6.33. The number of methoxy groups -OCH3 is 1. The predicted molar refractivity (Wildman–Crippen MR) is 58.9 cm³/mol. The molecular formula is C9H8ClFN2O4. The number of nitrogens with zero attached hydrogens (tertiary/aromatic N) is 1. The van der Waals surface area contributed by atoms with Gasteiger partial charge in [0.2, 0.25) is 11.7 Å². The highest BCUT2D eigenvalue weighted by Gasteiger charge is 2.27. The largest absolute Gasteiger partial charge is 0.489 e. The lowest BCUT2D eigenvalue weighted by atomic mass is 10.2. The normalized spacial score (nSPS) is 9.88. The van der Waals surface area contributed by atoms with E-state index in [9.17, 15) is 19.3 Å². The molecule has 8 heteroatoms. The van der Waals surface area contributed by atoms with Gasteiger partial charge < -0.3 is 10.1 Å². The van der Waals surface area contributed by atoms with Gasteiger partial charge in [-0.1, -0.05) is 11.6 Å². The van der Waals surface area contributed by atoms with Crippen LogP contribution >= 0.6 is 11.6 Å². The van der Waals surface area contributed by atoms with E-state index in [0.717, 1.165) is 20.1 Å². The number of ether oxygens (including phenoxy) is 1. The summed E-state index contributed by atoms with van der Waals surface area (Å²) in [6, 6.07) is 0.744. The molecule has 0 aliphatic rings. The Labute approximate surface area is 100 Å². The molecule has 1 N–H and O–H groups in total. The Morgan fingerprint density at radius 1 is 1.65 bits per heavy atom. The molecule has 0 heterocycles. The van der Waals surface area contributed by atoms with Crippen molar-refractivity contribution in [3.05, 3.63) is 27.0 Å². The molecular weight excluding hydrogens is 255 g/mol. The maximum absolute atomic E-state index is 13.5. The molecule has 92 valence electrons. The van der Waals surface area contributed by atoms with E-state index in [1.807, 2.05) is 0 Å². The Hall–Kier alpha value is -1.89. The molecule has 0 atom stereocenters. The van der Waals surface area contributed by atoms with Crippen LogP contribution in [0.5, 0.6) is 5.75 Å². The van der Waals surface area contributed by atoms with Crippen molar-refractivity contribution in [3.63, 3.8) is 0 Å². The third-order valence-corrected chi connectivity index (χ3v) is 2.14. The first-order valence-corrected chi connectivity index (χ1v) is 4.74. The summed E-state index contributed by atoms with van der Waals surface area (Å²) in [4.78, 5) is 20.8. The molecule has 0 unspecified atom stereocenters. The monoisotopic (exact) mass is 262 g/mol. The minimum absolute atomic E-state index is 0.404. The van der Waals surface area contributed by atoms with E-state index in [2.05, 4.69) is 5.32 Å². The Morgan fingerprint density at radius 2 is 2.24 bits per heavy atom. The second kappa shape index (κ2) is 4.96. The SMILES string of the molecule is COc1c(NC(C)=O)c(F)cc(Cl)c1[N+](=O)[O-]. The second-order valence-corrected chi connectivity index (χ2v) is 3.44. The van der Waals surface area contributed by atoms with Crippen molar-refractivity contribution in [1.29, 1.82) is 0 Å². The van der Waals surface area contributed by atoms with Gasteiger partial charge in [-0.15, -0.1) is 0 Å². The van der Waals surface area contributed by atoms with Gasteiger partial charge in [-0.05, 0) is 0 Å². The molecule has 1 amide bonds. The fourth-order valence-electron chi connectivity index (χ4n) is 1.25. The summed E-state index contributed by atoms with van der Waals surface area (Å²) in [6.45, 7) is 1.14. The molecule has 17 heavy (non-hydrogen) atoms. The number of carbonyl (C=O) groups excluding carboxylic acids is 1. The number of rotatable bonds is 3. The lowest BCUT2D eigenvalue weighted by Gasteiger charge is -2.11. The summed E-state index contributed by atoms with van der Waals surface area (Å²) in [7, 11) is 1.11. The van der Waals surface area contributed by atoms with E-state index in [1.165, 1.54) is 0 Å². The Morgan fingerprint density at radius 3 is 2.65 bits per heavy atom. The maximum atomic E-state index is 13.5. The van der Waals surface area contributed by atoms with Crippen LogP contribution in [-0.2, 0) is 4.79 Å². The molecule has 0 radical (unpaired) electrons. The Balaban J connectivity index is 3.52. The lowest BCUT2D eigenvalue weighted by molar-refractivity contribution is -0.385. The number of amides is 1. The van der Waals surface area contributed by atoms with Crippen molar-refractivity contribution >= 4 is 28.9 Å². The van der Waals surface area contributed by atoms with Crippen molar-refractivity contribution in [1.82, 2.24) is 0 Å². The van der Waals surface area contributed by atoms with Crippen LogP contribution in [0.3, 0.4) is 0 Å². The summed E-state index contributed by atoms with van der Waals surface area (Å²) in [5.41, 5.74) is -1.00. The van der Waals surface area contributed by atoms with E-state index >= 15 is 0 Å². The van der Waals surface area contributed by atoms with E-state index in [0.29, 0.717) is 0 Å². The van der Waals surface area contributed by atoms with Crippen LogP contribution < -0.4 is 10.1 Å². The van der Waals surface area contributed by atoms with Crippen molar-refractivity contribution in [2.75, 3.05) is 12.4 Å². The lowest BCUT2D eigenvalue weighted by Crippen LogP contribution is -2.10. The van der Waals surface area contributed by atoms with Gasteiger partial charge in [0, 0.05) is 13.0 Å². The summed E-state index contributed by atoms with van der Waals surface area (Å²) >= 11 is 5.54. The van der Waals surface area contributed by atoms with E-state index in [-0.39, 0.29) is 0 Å². The van der Waals surface area contributed by atoms with Gasteiger partial charge in [0.25, 0.3) is 0 Å². The van der Waals surface area contributed by atoms with Crippen LogP contribution in [0.25, 0.3) is 0 Å². The number of carbonyl (C=O) groups is 1. The average molecular weight is 263 g/mol. The number of nitro groups is 1. The van der Waals surface area contributed by atoms with Crippen LogP contribution in [0.2, 0.25) is 5.02 Å². The van der Waals surface area contributed by atoms with E-state index < -0.39 is 38.8 Å². The van der Waals surface area contributed by atoms with E-state index in [4.69, 9.17) is 16.3 Å². The van der Waals surface area contributed by atoms with Crippen LogP contribution in [0.1, 0.15) is 6.92 Å². The highest BCUT2D eigenvalue weighted by atomic mass is 35.5. The average Bonchev–Trinajstić information content (AvgIpc) is 2.20. The molecule has 1 aromatic carbocycles. The Bertz CT molecular complexity index is 492. The van der Waals surface area contributed by atoms with Crippen LogP contribution in [0.4, 0.5) is 15.8 Å². The number of halogens is 2. The van der Waals surface area contributed by atoms with Gasteiger partial charge in [0.05, 0.1) is 12.0 Å². The van der Waals surface area contributed by atoms with Gasteiger partial charge in [-0.3, -0.25) is 14.9 Å². The molecule has 0 bridgehead atoms. The number of anilines is 1. The van der Waals surface area contributed by atoms with Gasteiger partial charge in [-0.25, -0.2) is 4.39 Å². The number of hydrogen-bond donors (Lipinski definition) is 1. The molecule has 1 rings (SSSR count). The van der Waals surface area contributed by atoms with Gasteiger partial charge >= 0.3 is 5.69 Å². The summed E-state index contributed by atoms with van der Waals surface area (Å²) in [5.74, 6) is -1.92. The zero-order chi connectivity index (χ0) is 13.2. The molecule has 0 aliphatic carbocycles. The number of benzene rings is 1. The van der Waals surface area contributed by atoms with Crippen LogP contribution in [-0.4, -0.2) is 17.9 Å². The molecule has 0 aliphatic heterocycles. The zero-order valence-electron chi connectivity index (χ0n) is 8.91. The second-order valence-electron chi connectivity index (χ2n) is 3.04. The molecule has 0 spiro atoms.